The number of rotatable bonds is 6. The zero-order chi connectivity index (χ0) is 17.7. The molecule has 0 unspecified atom stereocenters. The highest BCUT2D eigenvalue weighted by atomic mass is 16.7. The molecule has 0 aliphatic rings. The fourth-order valence-corrected chi connectivity index (χ4v) is 2.53. The molecule has 0 bridgehead atoms. The predicted octanol–water partition coefficient (Wildman–Crippen LogP) is 3.40. The van der Waals surface area contributed by atoms with E-state index >= 15 is 0 Å². The molecule has 1 heterocycles. The summed E-state index contributed by atoms with van der Waals surface area (Å²) in [6.45, 7) is 5.93. The van der Waals surface area contributed by atoms with E-state index in [4.69, 9.17) is 14.2 Å². The summed E-state index contributed by atoms with van der Waals surface area (Å²) < 4.78 is 17.0. The molecule has 0 aliphatic heterocycles. The van der Waals surface area contributed by atoms with Gasteiger partial charge in [-0.05, 0) is 38.8 Å². The zero-order valence-corrected chi connectivity index (χ0v) is 14.5. The number of fused-ring (bicyclic) bond motifs is 1. The molecule has 0 radical (unpaired) electrons. The van der Waals surface area contributed by atoms with Gasteiger partial charge in [0.2, 0.25) is 0 Å². The van der Waals surface area contributed by atoms with Gasteiger partial charge in [0.15, 0.2) is 6.29 Å². The summed E-state index contributed by atoms with van der Waals surface area (Å²) in [7, 11) is 1.55. The molecule has 24 heavy (non-hydrogen) atoms. The number of aromatic nitrogens is 1. The SMILES string of the molecule is COCOCCc1c(C=O)n(C(=O)OC(C)(C)C)c2ccccc12. The molecular weight excluding hydrogens is 310 g/mol. The molecular formula is C18H23NO5. The number of benzene rings is 1. The minimum atomic E-state index is -0.648. The second-order valence-corrected chi connectivity index (χ2v) is 6.38. The first-order valence-corrected chi connectivity index (χ1v) is 7.76. The Labute approximate surface area is 141 Å². The van der Waals surface area contributed by atoms with Gasteiger partial charge in [-0.3, -0.25) is 4.79 Å². The van der Waals surface area contributed by atoms with Crippen LogP contribution >= 0.6 is 0 Å². The molecule has 1 aromatic heterocycles. The van der Waals surface area contributed by atoms with Crippen molar-refractivity contribution >= 4 is 23.3 Å². The summed E-state index contributed by atoms with van der Waals surface area (Å²) in [5.41, 5.74) is 1.06. The molecule has 0 fully saturated rings. The number of ether oxygens (including phenoxy) is 3. The van der Waals surface area contributed by atoms with Crippen molar-refractivity contribution in [3.8, 4) is 0 Å². The summed E-state index contributed by atoms with van der Waals surface area (Å²) in [6, 6.07) is 7.37. The van der Waals surface area contributed by atoms with Crippen LogP contribution in [-0.2, 0) is 20.6 Å². The van der Waals surface area contributed by atoms with Gasteiger partial charge in [0.1, 0.15) is 12.4 Å². The summed E-state index contributed by atoms with van der Waals surface area (Å²) in [6.07, 6.45) is 0.619. The lowest BCUT2D eigenvalue weighted by Crippen LogP contribution is -2.28. The normalized spacial score (nSPS) is 11.7. The van der Waals surface area contributed by atoms with E-state index in [0.717, 1.165) is 10.9 Å². The van der Waals surface area contributed by atoms with Crippen molar-refractivity contribution in [2.45, 2.75) is 32.8 Å². The van der Waals surface area contributed by atoms with E-state index in [2.05, 4.69) is 0 Å². The zero-order valence-electron chi connectivity index (χ0n) is 14.5. The van der Waals surface area contributed by atoms with E-state index in [-0.39, 0.29) is 6.79 Å². The van der Waals surface area contributed by atoms with E-state index in [1.165, 1.54) is 4.57 Å². The second-order valence-electron chi connectivity index (χ2n) is 6.38. The van der Waals surface area contributed by atoms with Crippen molar-refractivity contribution < 1.29 is 23.8 Å². The van der Waals surface area contributed by atoms with Gasteiger partial charge in [-0.15, -0.1) is 0 Å². The van der Waals surface area contributed by atoms with Crippen molar-refractivity contribution in [3.05, 3.63) is 35.5 Å². The Bertz CT molecular complexity index is 727. The number of carbonyl (C=O) groups excluding carboxylic acids is 2. The van der Waals surface area contributed by atoms with Crippen LogP contribution in [0.2, 0.25) is 0 Å². The first-order chi connectivity index (χ1) is 11.4. The lowest BCUT2D eigenvalue weighted by molar-refractivity contribution is -0.0291. The van der Waals surface area contributed by atoms with Crippen molar-refractivity contribution in [3.63, 3.8) is 0 Å². The number of methoxy groups -OCH3 is 1. The van der Waals surface area contributed by atoms with Crippen LogP contribution < -0.4 is 0 Å². The van der Waals surface area contributed by atoms with Crippen molar-refractivity contribution in [1.82, 2.24) is 4.57 Å². The fourth-order valence-electron chi connectivity index (χ4n) is 2.53. The fraction of sp³-hybridized carbons (Fsp3) is 0.444. The lowest BCUT2D eigenvalue weighted by Gasteiger charge is -2.20. The van der Waals surface area contributed by atoms with Crippen molar-refractivity contribution in [1.29, 1.82) is 0 Å². The van der Waals surface area contributed by atoms with Crippen LogP contribution in [0, 0.1) is 0 Å². The number of carbonyl (C=O) groups is 2. The Hall–Kier alpha value is -2.18. The van der Waals surface area contributed by atoms with Crippen molar-refractivity contribution in [2.24, 2.45) is 0 Å². The van der Waals surface area contributed by atoms with Gasteiger partial charge in [0.25, 0.3) is 0 Å². The molecule has 130 valence electrons. The molecule has 0 N–H and O–H groups in total. The maximum Gasteiger partial charge on any atom is 0.419 e. The minimum absolute atomic E-state index is 0.182. The second kappa shape index (κ2) is 7.59. The Morgan fingerprint density at radius 1 is 1.25 bits per heavy atom. The van der Waals surface area contributed by atoms with E-state index in [0.29, 0.717) is 30.5 Å². The minimum Gasteiger partial charge on any atom is -0.443 e. The Morgan fingerprint density at radius 2 is 1.96 bits per heavy atom. The van der Waals surface area contributed by atoms with Crippen LogP contribution in [0.5, 0.6) is 0 Å². The molecule has 0 saturated carbocycles. The average molecular weight is 333 g/mol. The van der Waals surface area contributed by atoms with Crippen LogP contribution in [0.4, 0.5) is 4.79 Å². The van der Waals surface area contributed by atoms with E-state index in [1.54, 1.807) is 33.9 Å². The van der Waals surface area contributed by atoms with Crippen LogP contribution in [0.15, 0.2) is 24.3 Å². The summed E-state index contributed by atoms with van der Waals surface area (Å²) >= 11 is 0. The molecule has 6 nitrogen and oxygen atoms in total. The van der Waals surface area contributed by atoms with Gasteiger partial charge in [0, 0.05) is 12.5 Å². The third-order valence-corrected chi connectivity index (χ3v) is 3.41. The molecule has 0 atom stereocenters. The highest BCUT2D eigenvalue weighted by Crippen LogP contribution is 2.27. The van der Waals surface area contributed by atoms with Crippen LogP contribution in [0.25, 0.3) is 10.9 Å². The summed E-state index contributed by atoms with van der Waals surface area (Å²) in [5, 5.41) is 0.839. The van der Waals surface area contributed by atoms with E-state index in [9.17, 15) is 9.59 Å². The number of hydrogen-bond donors (Lipinski definition) is 0. The summed E-state index contributed by atoms with van der Waals surface area (Å²) in [5.74, 6) is 0. The molecule has 0 saturated heterocycles. The number of nitrogens with zero attached hydrogens (tertiary/aromatic N) is 1. The van der Waals surface area contributed by atoms with Crippen LogP contribution in [0.1, 0.15) is 36.8 Å². The van der Waals surface area contributed by atoms with Gasteiger partial charge in [-0.1, -0.05) is 18.2 Å². The quantitative estimate of drug-likeness (QED) is 0.460. The maximum absolute atomic E-state index is 12.6. The third kappa shape index (κ3) is 4.01. The first-order valence-electron chi connectivity index (χ1n) is 7.76. The molecule has 1 aromatic carbocycles. The van der Waals surface area contributed by atoms with Gasteiger partial charge < -0.3 is 14.2 Å². The number of hydrogen-bond acceptors (Lipinski definition) is 5. The monoisotopic (exact) mass is 333 g/mol. The largest absolute Gasteiger partial charge is 0.443 e. The van der Waals surface area contributed by atoms with Gasteiger partial charge in [-0.25, -0.2) is 9.36 Å². The summed E-state index contributed by atoms with van der Waals surface area (Å²) in [4.78, 5) is 24.3. The molecule has 2 rings (SSSR count). The smallest absolute Gasteiger partial charge is 0.419 e. The third-order valence-electron chi connectivity index (χ3n) is 3.41. The molecule has 2 aromatic rings. The van der Waals surface area contributed by atoms with E-state index in [1.807, 2.05) is 18.2 Å². The molecule has 0 spiro atoms. The van der Waals surface area contributed by atoms with Crippen LogP contribution in [0.3, 0.4) is 0 Å². The van der Waals surface area contributed by atoms with Crippen LogP contribution in [-0.4, -0.2) is 43.1 Å². The topological polar surface area (TPSA) is 66.8 Å². The Kier molecular flexibility index (Phi) is 5.75. The number of aldehydes is 1. The van der Waals surface area contributed by atoms with Gasteiger partial charge in [0.05, 0.1) is 17.8 Å². The Balaban J connectivity index is 2.46. The molecule has 0 amide bonds. The van der Waals surface area contributed by atoms with Gasteiger partial charge in [-0.2, -0.15) is 0 Å². The number of para-hydroxylation sites is 1. The lowest BCUT2D eigenvalue weighted by atomic mass is 10.1. The highest BCUT2D eigenvalue weighted by molar-refractivity contribution is 6.00. The standard InChI is InChI=1S/C18H23NO5/c1-18(2,3)24-17(21)19-15-8-6-5-7-13(15)14(16(19)11-20)9-10-23-12-22-4/h5-8,11H,9-10,12H2,1-4H3. The van der Waals surface area contributed by atoms with Crippen molar-refractivity contribution in [2.75, 3.05) is 20.5 Å². The Morgan fingerprint density at radius 3 is 2.58 bits per heavy atom. The average Bonchev–Trinajstić information content (AvgIpc) is 2.83. The first kappa shape index (κ1) is 18.2. The molecule has 0 aliphatic carbocycles. The van der Waals surface area contributed by atoms with Gasteiger partial charge >= 0.3 is 6.09 Å². The highest BCUT2D eigenvalue weighted by Gasteiger charge is 2.25. The maximum atomic E-state index is 12.6. The van der Waals surface area contributed by atoms with E-state index < -0.39 is 11.7 Å². The molecule has 6 heteroatoms. The predicted molar refractivity (Wildman–Crippen MR) is 90.5 cm³/mol.